The summed E-state index contributed by atoms with van der Waals surface area (Å²) in [5, 5.41) is 5.60. The first-order chi connectivity index (χ1) is 10.0. The van der Waals surface area contributed by atoms with Gasteiger partial charge in [-0.3, -0.25) is 4.79 Å². The smallest absolute Gasteiger partial charge is 0.333 e. The van der Waals surface area contributed by atoms with E-state index in [1.807, 2.05) is 0 Å². The van der Waals surface area contributed by atoms with E-state index < -0.39 is 29.6 Å². The molecule has 1 aromatic heterocycles. The number of thiophene rings is 1. The molecule has 2 rings (SSSR count). The summed E-state index contributed by atoms with van der Waals surface area (Å²) in [6.07, 6.45) is 0. The first kappa shape index (κ1) is 15.1. The molecule has 1 amide bonds. The lowest BCUT2D eigenvalue weighted by Gasteiger charge is -2.17. The van der Waals surface area contributed by atoms with Crippen LogP contribution in [0.4, 0.5) is 8.78 Å². The van der Waals surface area contributed by atoms with E-state index in [4.69, 9.17) is 0 Å². The summed E-state index contributed by atoms with van der Waals surface area (Å²) < 4.78 is 31.6. The Kier molecular flexibility index (Phi) is 4.64. The molecule has 1 aromatic carbocycles. The Morgan fingerprint density at radius 2 is 2.05 bits per heavy atom. The Hall–Kier alpha value is -2.28. The average Bonchev–Trinajstić information content (AvgIpc) is 3.01. The van der Waals surface area contributed by atoms with Crippen molar-refractivity contribution in [3.8, 4) is 0 Å². The minimum absolute atomic E-state index is 0.287. The molecule has 0 saturated carbocycles. The Morgan fingerprint density at radius 3 is 2.67 bits per heavy atom. The number of carbonyl (C=O) groups excluding carboxylic acids is 2. The molecule has 0 unspecified atom stereocenters. The Labute approximate surface area is 123 Å². The molecule has 0 spiro atoms. The van der Waals surface area contributed by atoms with Crippen molar-refractivity contribution in [2.24, 2.45) is 0 Å². The summed E-state index contributed by atoms with van der Waals surface area (Å²) >= 11 is 1.30. The molecule has 7 heteroatoms. The molecule has 2 aromatic rings. The van der Waals surface area contributed by atoms with Gasteiger partial charge < -0.3 is 10.1 Å². The number of nitrogens with one attached hydrogen (secondary N) is 1. The maximum absolute atomic E-state index is 13.8. The number of methoxy groups -OCH3 is 1. The zero-order chi connectivity index (χ0) is 15.4. The van der Waals surface area contributed by atoms with Crippen LogP contribution in [0.1, 0.15) is 22.0 Å². The lowest BCUT2D eigenvalue weighted by molar-refractivity contribution is -0.143. The Morgan fingerprint density at radius 1 is 1.29 bits per heavy atom. The maximum Gasteiger partial charge on any atom is 0.333 e. The minimum atomic E-state index is -1.42. The third kappa shape index (κ3) is 3.43. The van der Waals surface area contributed by atoms with E-state index in [-0.39, 0.29) is 5.56 Å². The fourth-order valence-corrected chi connectivity index (χ4v) is 2.36. The van der Waals surface area contributed by atoms with Gasteiger partial charge in [-0.2, -0.15) is 11.3 Å². The van der Waals surface area contributed by atoms with E-state index in [0.29, 0.717) is 5.56 Å². The van der Waals surface area contributed by atoms with Crippen molar-refractivity contribution in [2.75, 3.05) is 7.11 Å². The summed E-state index contributed by atoms with van der Waals surface area (Å²) in [6, 6.07) is 2.80. The van der Waals surface area contributed by atoms with Crippen LogP contribution in [-0.2, 0) is 9.53 Å². The molecule has 110 valence electrons. The van der Waals surface area contributed by atoms with Gasteiger partial charge in [0.2, 0.25) is 0 Å². The SMILES string of the molecule is COC(=O)[C@@H](NC(=O)c1ccsc1)c1cc(F)ccc1F. The quantitative estimate of drug-likeness (QED) is 0.883. The van der Waals surface area contributed by atoms with E-state index in [0.717, 1.165) is 25.3 Å². The molecule has 0 aliphatic carbocycles. The third-order valence-corrected chi connectivity index (χ3v) is 3.45. The molecule has 1 heterocycles. The first-order valence-corrected chi connectivity index (χ1v) is 6.83. The number of hydrogen-bond donors (Lipinski definition) is 1. The van der Waals surface area contributed by atoms with Crippen LogP contribution in [-0.4, -0.2) is 19.0 Å². The molecule has 1 N–H and O–H groups in total. The van der Waals surface area contributed by atoms with Crippen molar-refractivity contribution in [3.63, 3.8) is 0 Å². The zero-order valence-corrected chi connectivity index (χ0v) is 11.7. The van der Waals surface area contributed by atoms with Gasteiger partial charge in [-0.15, -0.1) is 0 Å². The molecule has 1 atom stereocenters. The molecule has 0 bridgehead atoms. The highest BCUT2D eigenvalue weighted by molar-refractivity contribution is 7.08. The van der Waals surface area contributed by atoms with Crippen molar-refractivity contribution < 1.29 is 23.1 Å². The molecule has 0 aliphatic heterocycles. The largest absolute Gasteiger partial charge is 0.467 e. The summed E-state index contributed by atoms with van der Waals surface area (Å²) in [7, 11) is 1.10. The highest BCUT2D eigenvalue weighted by atomic mass is 32.1. The second kappa shape index (κ2) is 6.45. The van der Waals surface area contributed by atoms with Gasteiger partial charge in [0.15, 0.2) is 6.04 Å². The van der Waals surface area contributed by atoms with Crippen molar-refractivity contribution in [2.45, 2.75) is 6.04 Å². The fourth-order valence-electron chi connectivity index (χ4n) is 1.73. The molecular weight excluding hydrogens is 300 g/mol. The highest BCUT2D eigenvalue weighted by Crippen LogP contribution is 2.20. The van der Waals surface area contributed by atoms with Crippen LogP contribution < -0.4 is 5.32 Å². The number of carbonyl (C=O) groups is 2. The summed E-state index contributed by atoms with van der Waals surface area (Å²) in [6.45, 7) is 0. The van der Waals surface area contributed by atoms with E-state index in [9.17, 15) is 18.4 Å². The Bertz CT molecular complexity index is 658. The van der Waals surface area contributed by atoms with Gasteiger partial charge in [-0.05, 0) is 29.6 Å². The number of hydrogen-bond acceptors (Lipinski definition) is 4. The molecule has 4 nitrogen and oxygen atoms in total. The van der Waals surface area contributed by atoms with Crippen molar-refractivity contribution in [3.05, 3.63) is 57.8 Å². The predicted octanol–water partition coefficient (Wildman–Crippen LogP) is 2.67. The normalized spacial score (nSPS) is 11.8. The van der Waals surface area contributed by atoms with Gasteiger partial charge in [-0.25, -0.2) is 13.6 Å². The second-order valence-electron chi connectivity index (χ2n) is 4.11. The monoisotopic (exact) mass is 311 g/mol. The van der Waals surface area contributed by atoms with E-state index >= 15 is 0 Å². The summed E-state index contributed by atoms with van der Waals surface area (Å²) in [4.78, 5) is 23.7. The van der Waals surface area contributed by atoms with Gasteiger partial charge in [0.1, 0.15) is 11.6 Å². The number of amides is 1. The number of benzene rings is 1. The van der Waals surface area contributed by atoms with Gasteiger partial charge in [0, 0.05) is 10.9 Å². The fraction of sp³-hybridized carbons (Fsp3) is 0.143. The van der Waals surface area contributed by atoms with E-state index in [1.165, 1.54) is 11.3 Å². The van der Waals surface area contributed by atoms with Crippen LogP contribution in [0.5, 0.6) is 0 Å². The molecule has 0 fully saturated rings. The number of ether oxygens (including phenoxy) is 1. The average molecular weight is 311 g/mol. The Balaban J connectivity index is 2.33. The van der Waals surface area contributed by atoms with Crippen molar-refractivity contribution >= 4 is 23.2 Å². The van der Waals surface area contributed by atoms with E-state index in [1.54, 1.807) is 16.8 Å². The standard InChI is InChI=1S/C14H11F2NO3S/c1-20-14(19)12(10-6-9(15)2-3-11(10)16)17-13(18)8-4-5-21-7-8/h2-7,12H,1H3,(H,17,18)/t12-/m0/s1. The van der Waals surface area contributed by atoms with Crippen LogP contribution in [0.3, 0.4) is 0 Å². The van der Waals surface area contributed by atoms with Crippen LogP contribution >= 0.6 is 11.3 Å². The van der Waals surface area contributed by atoms with Crippen LogP contribution in [0.2, 0.25) is 0 Å². The maximum atomic E-state index is 13.8. The molecule has 0 aliphatic rings. The van der Waals surface area contributed by atoms with Gasteiger partial charge in [-0.1, -0.05) is 0 Å². The van der Waals surface area contributed by atoms with Crippen LogP contribution in [0.25, 0.3) is 0 Å². The number of rotatable bonds is 4. The number of esters is 1. The topological polar surface area (TPSA) is 55.4 Å². The third-order valence-electron chi connectivity index (χ3n) is 2.76. The summed E-state index contributed by atoms with van der Waals surface area (Å²) in [5.41, 5.74) is 0.0381. The molecule has 0 saturated heterocycles. The number of halogens is 2. The van der Waals surface area contributed by atoms with Gasteiger partial charge >= 0.3 is 5.97 Å². The summed E-state index contributed by atoms with van der Waals surface area (Å²) in [5.74, 6) is -2.99. The zero-order valence-electron chi connectivity index (χ0n) is 10.9. The first-order valence-electron chi connectivity index (χ1n) is 5.88. The van der Waals surface area contributed by atoms with Gasteiger partial charge in [0.05, 0.1) is 12.7 Å². The molecular formula is C14H11F2NO3S. The van der Waals surface area contributed by atoms with Gasteiger partial charge in [0.25, 0.3) is 5.91 Å². The minimum Gasteiger partial charge on any atom is -0.467 e. The lowest BCUT2D eigenvalue weighted by Crippen LogP contribution is -2.35. The molecule has 0 radical (unpaired) electrons. The van der Waals surface area contributed by atoms with Crippen LogP contribution in [0, 0.1) is 11.6 Å². The van der Waals surface area contributed by atoms with Crippen molar-refractivity contribution in [1.29, 1.82) is 0 Å². The predicted molar refractivity (Wildman–Crippen MR) is 72.9 cm³/mol. The second-order valence-corrected chi connectivity index (χ2v) is 4.89. The van der Waals surface area contributed by atoms with E-state index in [2.05, 4.69) is 10.1 Å². The molecule has 21 heavy (non-hydrogen) atoms. The van der Waals surface area contributed by atoms with Crippen molar-refractivity contribution in [1.82, 2.24) is 5.32 Å². The highest BCUT2D eigenvalue weighted by Gasteiger charge is 2.27. The lowest BCUT2D eigenvalue weighted by atomic mass is 10.1. The van der Waals surface area contributed by atoms with Crippen LogP contribution in [0.15, 0.2) is 35.0 Å².